The van der Waals surface area contributed by atoms with Crippen LogP contribution in [0, 0.1) is 6.92 Å². The van der Waals surface area contributed by atoms with Crippen LogP contribution in [0.1, 0.15) is 15.9 Å². The number of ether oxygens (including phenoxy) is 2. The lowest BCUT2D eigenvalue weighted by Gasteiger charge is -2.23. The fourth-order valence-electron chi connectivity index (χ4n) is 1.99. The zero-order valence-electron chi connectivity index (χ0n) is 13.3. The first-order valence-electron chi connectivity index (χ1n) is 6.87. The molecule has 0 bridgehead atoms. The van der Waals surface area contributed by atoms with Gasteiger partial charge in [0.2, 0.25) is 0 Å². The quantitative estimate of drug-likeness (QED) is 0.502. The average molecular weight is 345 g/mol. The maximum absolute atomic E-state index is 12.6. The Labute approximate surface area is 137 Å². The minimum atomic E-state index is -2.52. The number of phenols is 1. The van der Waals surface area contributed by atoms with E-state index in [1.165, 1.54) is 31.3 Å². The fourth-order valence-corrected chi connectivity index (χ4v) is 2.30. The summed E-state index contributed by atoms with van der Waals surface area (Å²) in [5.41, 5.74) is 0.614. The lowest BCUT2D eigenvalue weighted by atomic mass is 10.1. The minimum Gasteiger partial charge on any atom is -0.755 e. The molecule has 0 fully saturated rings. The molecule has 2 N–H and O–H groups in total. The van der Waals surface area contributed by atoms with Crippen LogP contribution in [0.3, 0.4) is 0 Å². The predicted molar refractivity (Wildman–Crippen MR) is 85.0 cm³/mol. The van der Waals surface area contributed by atoms with Crippen LogP contribution in [0.4, 0.5) is 5.69 Å². The number of carbonyl (C=O) groups is 1. The highest BCUT2D eigenvalue weighted by atomic mass is 32.2. The summed E-state index contributed by atoms with van der Waals surface area (Å²) >= 11 is -2.52. The Morgan fingerprint density at radius 1 is 1.30 bits per heavy atom. The third kappa shape index (κ3) is 5.79. The van der Waals surface area contributed by atoms with Gasteiger partial charge in [-0.3, -0.25) is 9.00 Å². The highest BCUT2D eigenvalue weighted by Gasteiger charge is 2.20. The van der Waals surface area contributed by atoms with E-state index in [1.807, 2.05) is 0 Å². The molecule has 130 valence electrons. The lowest BCUT2D eigenvalue weighted by molar-refractivity contribution is 0.0624. The summed E-state index contributed by atoms with van der Waals surface area (Å²) in [5.74, 6) is -0.614. The second kappa shape index (κ2) is 9.46. The van der Waals surface area contributed by atoms with Gasteiger partial charge < -0.3 is 28.8 Å². The molecule has 1 amide bonds. The fraction of sp³-hybridized carbons (Fsp3) is 0.500. The van der Waals surface area contributed by atoms with Crippen LogP contribution in [0.25, 0.3) is 0 Å². The van der Waals surface area contributed by atoms with E-state index in [0.717, 1.165) is 0 Å². The summed E-state index contributed by atoms with van der Waals surface area (Å²) in [6.07, 6.45) is 0. The number of hydrogen-bond donors (Lipinski definition) is 2. The van der Waals surface area contributed by atoms with Crippen LogP contribution in [-0.2, 0) is 20.7 Å². The zero-order valence-corrected chi connectivity index (χ0v) is 14.1. The molecule has 9 heteroatoms. The maximum atomic E-state index is 12.6. The highest BCUT2D eigenvalue weighted by molar-refractivity contribution is 7.80. The van der Waals surface area contributed by atoms with Gasteiger partial charge in [-0.05, 0) is 24.6 Å². The number of methoxy groups -OCH3 is 2. The van der Waals surface area contributed by atoms with Crippen LogP contribution >= 0.6 is 0 Å². The number of phenolic OH excluding ortho intramolecular Hbond substituents is 1. The van der Waals surface area contributed by atoms with Crippen molar-refractivity contribution in [2.24, 2.45) is 0 Å². The van der Waals surface area contributed by atoms with Crippen LogP contribution in [0.5, 0.6) is 5.75 Å². The van der Waals surface area contributed by atoms with Crippen molar-refractivity contribution in [2.45, 2.75) is 6.92 Å². The molecule has 0 aromatic heterocycles. The molecule has 23 heavy (non-hydrogen) atoms. The lowest BCUT2D eigenvalue weighted by Crippen LogP contribution is -2.36. The third-order valence-corrected chi connectivity index (χ3v) is 3.55. The first kappa shape index (κ1) is 19.4. The molecule has 0 saturated carbocycles. The van der Waals surface area contributed by atoms with E-state index in [2.05, 4.69) is 4.72 Å². The summed E-state index contributed by atoms with van der Waals surface area (Å²) in [4.78, 5) is 14.1. The Bertz CT molecular complexity index is 558. The van der Waals surface area contributed by atoms with Gasteiger partial charge in [-0.15, -0.1) is 0 Å². The van der Waals surface area contributed by atoms with E-state index in [1.54, 1.807) is 6.92 Å². The third-order valence-electron chi connectivity index (χ3n) is 3.15. The summed E-state index contributed by atoms with van der Waals surface area (Å²) in [6, 6.07) is 2.74. The van der Waals surface area contributed by atoms with Gasteiger partial charge in [0.1, 0.15) is 5.75 Å². The van der Waals surface area contributed by atoms with Crippen molar-refractivity contribution in [3.8, 4) is 5.75 Å². The molecule has 0 aliphatic heterocycles. The number of hydrogen-bond acceptors (Lipinski definition) is 6. The van der Waals surface area contributed by atoms with Crippen molar-refractivity contribution in [2.75, 3.05) is 45.2 Å². The molecular formula is C14H21N2O6S-. The van der Waals surface area contributed by atoms with Gasteiger partial charge in [0.25, 0.3) is 5.91 Å². The molecule has 1 atom stereocenters. The predicted octanol–water partition coefficient (Wildman–Crippen LogP) is 0.642. The van der Waals surface area contributed by atoms with Crippen molar-refractivity contribution in [1.29, 1.82) is 0 Å². The molecule has 8 nitrogen and oxygen atoms in total. The van der Waals surface area contributed by atoms with Crippen molar-refractivity contribution in [3.05, 3.63) is 23.3 Å². The van der Waals surface area contributed by atoms with E-state index in [-0.39, 0.29) is 17.0 Å². The average Bonchev–Trinajstić information content (AvgIpc) is 2.49. The van der Waals surface area contributed by atoms with Crippen LogP contribution in [0.15, 0.2) is 12.1 Å². The molecule has 0 radical (unpaired) electrons. The zero-order chi connectivity index (χ0) is 17.4. The monoisotopic (exact) mass is 345 g/mol. The van der Waals surface area contributed by atoms with Crippen LogP contribution in [0.2, 0.25) is 0 Å². The Morgan fingerprint density at radius 2 is 1.87 bits per heavy atom. The summed E-state index contributed by atoms with van der Waals surface area (Å²) in [6.45, 7) is 2.89. The number of benzene rings is 1. The van der Waals surface area contributed by atoms with E-state index in [9.17, 15) is 18.7 Å². The Morgan fingerprint density at radius 3 is 2.35 bits per heavy atom. The standard InChI is InChI=1S/C14H22N2O6S/c1-10-8-11(15-23(19)20)9-12(13(10)17)14(18)16(4-6-21-2)5-7-22-3/h8-9,15,17H,4-7H2,1-3H3,(H,19,20)/p-1. The van der Waals surface area contributed by atoms with E-state index >= 15 is 0 Å². The molecule has 1 unspecified atom stereocenters. The molecule has 0 heterocycles. The molecule has 0 aliphatic rings. The van der Waals surface area contributed by atoms with Crippen molar-refractivity contribution >= 4 is 22.9 Å². The van der Waals surface area contributed by atoms with Crippen LogP contribution < -0.4 is 4.72 Å². The molecular weight excluding hydrogens is 324 g/mol. The first-order valence-corrected chi connectivity index (χ1v) is 7.94. The summed E-state index contributed by atoms with van der Waals surface area (Å²) in [5, 5.41) is 10.1. The molecule has 0 spiro atoms. The second-order valence-electron chi connectivity index (χ2n) is 4.80. The van der Waals surface area contributed by atoms with E-state index in [4.69, 9.17) is 9.47 Å². The number of nitrogens with one attached hydrogen (secondary N) is 1. The van der Waals surface area contributed by atoms with Gasteiger partial charge in [0, 0.05) is 44.3 Å². The van der Waals surface area contributed by atoms with Crippen molar-refractivity contribution < 1.29 is 28.1 Å². The number of carbonyl (C=O) groups excluding carboxylic acids is 1. The van der Waals surface area contributed by atoms with Gasteiger partial charge in [-0.2, -0.15) is 0 Å². The molecule has 1 rings (SSSR count). The Balaban J connectivity index is 3.10. The topological polar surface area (TPSA) is 111 Å². The normalized spacial score (nSPS) is 12.0. The number of aromatic hydroxyl groups is 1. The van der Waals surface area contributed by atoms with Gasteiger partial charge >= 0.3 is 0 Å². The largest absolute Gasteiger partial charge is 0.755 e. The second-order valence-corrected chi connectivity index (χ2v) is 5.48. The Hall–Kier alpha value is -1.68. The summed E-state index contributed by atoms with van der Waals surface area (Å²) in [7, 11) is 3.05. The molecule has 1 aromatic rings. The van der Waals surface area contributed by atoms with Gasteiger partial charge in [-0.1, -0.05) is 0 Å². The number of nitrogens with zero attached hydrogens (tertiary/aromatic N) is 1. The SMILES string of the molecule is COCCN(CCOC)C(=O)c1cc(NS(=O)[O-])cc(C)c1O. The van der Waals surface area contributed by atoms with Crippen LogP contribution in [-0.4, -0.2) is 65.2 Å². The van der Waals surface area contributed by atoms with Gasteiger partial charge in [0.05, 0.1) is 18.8 Å². The number of amides is 1. The molecule has 0 saturated heterocycles. The van der Waals surface area contributed by atoms with E-state index in [0.29, 0.717) is 31.9 Å². The summed E-state index contributed by atoms with van der Waals surface area (Å²) < 4.78 is 33.7. The Kier molecular flexibility index (Phi) is 7.96. The van der Waals surface area contributed by atoms with Crippen molar-refractivity contribution in [3.63, 3.8) is 0 Å². The van der Waals surface area contributed by atoms with Gasteiger partial charge in [0.15, 0.2) is 0 Å². The minimum absolute atomic E-state index is 0.0187. The van der Waals surface area contributed by atoms with E-state index < -0.39 is 17.2 Å². The van der Waals surface area contributed by atoms with Gasteiger partial charge in [-0.25, -0.2) is 0 Å². The highest BCUT2D eigenvalue weighted by Crippen LogP contribution is 2.28. The molecule has 0 aliphatic carbocycles. The number of rotatable bonds is 9. The smallest absolute Gasteiger partial charge is 0.257 e. The maximum Gasteiger partial charge on any atom is 0.257 e. The first-order chi connectivity index (χ1) is 10.9. The van der Waals surface area contributed by atoms with Crippen molar-refractivity contribution in [1.82, 2.24) is 4.90 Å². The number of aryl methyl sites for hydroxylation is 1. The number of anilines is 1. The molecule has 1 aromatic carbocycles.